The number of ether oxygens (including phenoxy) is 7. The van der Waals surface area contributed by atoms with Crippen LogP contribution < -0.4 is 28.4 Å². The zero-order chi connectivity index (χ0) is 58.2. The first-order valence-corrected chi connectivity index (χ1v) is 25.1. The molecule has 2 heterocycles. The Hall–Kier alpha value is -8.94. The van der Waals surface area contributed by atoms with Gasteiger partial charge in [0.25, 0.3) is 0 Å². The Kier molecular flexibility index (Phi) is 21.0. The Bertz CT molecular complexity index is 3530. The predicted molar refractivity (Wildman–Crippen MR) is 299 cm³/mol. The van der Waals surface area contributed by atoms with Gasteiger partial charge in [-0.1, -0.05) is 54.7 Å². The number of alkyl halides is 6. The highest BCUT2D eigenvalue weighted by atomic mass is 19.4. The lowest BCUT2D eigenvalue weighted by atomic mass is 10.0. The van der Waals surface area contributed by atoms with E-state index in [-0.39, 0.29) is 51.1 Å². The van der Waals surface area contributed by atoms with E-state index in [2.05, 4.69) is 9.47 Å². The quantitative estimate of drug-likeness (QED) is 0.0437. The molecule has 1 N–H and O–H groups in total. The molecule has 0 spiro atoms. The summed E-state index contributed by atoms with van der Waals surface area (Å²) < 4.78 is 117. The van der Waals surface area contributed by atoms with Gasteiger partial charge in [-0.3, -0.25) is 9.59 Å². The number of carbonyl (C=O) groups is 4. The third-order valence-corrected chi connectivity index (χ3v) is 12.5. The van der Waals surface area contributed by atoms with Crippen LogP contribution in [0.2, 0.25) is 0 Å². The van der Waals surface area contributed by atoms with Gasteiger partial charge >= 0.3 is 24.7 Å². The molecule has 8 aromatic rings. The molecule has 0 bridgehead atoms. The fourth-order valence-electron chi connectivity index (χ4n) is 8.87. The summed E-state index contributed by atoms with van der Waals surface area (Å²) in [5.41, 5.74) is 3.93. The second-order valence-corrected chi connectivity index (χ2v) is 18.5. The number of fused-ring (bicyclic) bond motifs is 2. The van der Waals surface area contributed by atoms with Crippen LogP contribution in [0, 0.1) is 19.8 Å². The Morgan fingerprint density at radius 2 is 0.902 bits per heavy atom. The molecule has 0 fully saturated rings. The highest BCUT2D eigenvalue weighted by Gasteiger charge is 2.34. The van der Waals surface area contributed by atoms with Crippen LogP contribution in [-0.2, 0) is 14.3 Å². The monoisotopic (exact) mass is 1140 g/mol. The molecule has 0 aliphatic carbocycles. The van der Waals surface area contributed by atoms with E-state index in [4.69, 9.17) is 23.7 Å². The number of carboxylic acids is 1. The summed E-state index contributed by atoms with van der Waals surface area (Å²) in [6.45, 7) is 11.0. The average molecular weight is 1140 g/mol. The van der Waals surface area contributed by atoms with Gasteiger partial charge in [0.2, 0.25) is 0 Å². The first-order valence-electron chi connectivity index (χ1n) is 25.1. The van der Waals surface area contributed by atoms with E-state index in [0.29, 0.717) is 90.5 Å². The van der Waals surface area contributed by atoms with Crippen LogP contribution in [0.5, 0.6) is 34.5 Å². The van der Waals surface area contributed by atoms with Crippen LogP contribution in [0.4, 0.5) is 26.3 Å². The van der Waals surface area contributed by atoms with Crippen molar-refractivity contribution in [1.29, 1.82) is 0 Å². The fraction of sp³-hybridized carbons (Fsp3) is 0.290. The van der Waals surface area contributed by atoms with Gasteiger partial charge in [0.1, 0.15) is 34.5 Å². The number of carbonyl (C=O) groups excluding carboxylic acids is 3. The van der Waals surface area contributed by atoms with Crippen LogP contribution >= 0.6 is 0 Å². The summed E-state index contributed by atoms with van der Waals surface area (Å²) in [4.78, 5) is 51.4. The maximum Gasteiger partial charge on any atom is 0.573 e. The summed E-state index contributed by atoms with van der Waals surface area (Å²) in [6, 6.07) is 33.9. The third-order valence-electron chi connectivity index (χ3n) is 12.5. The van der Waals surface area contributed by atoms with Crippen molar-refractivity contribution in [3.63, 3.8) is 0 Å². The van der Waals surface area contributed by atoms with Crippen LogP contribution in [0.3, 0.4) is 0 Å². The number of hydrogen-bond donors (Lipinski definition) is 1. The van der Waals surface area contributed by atoms with Gasteiger partial charge < -0.3 is 47.4 Å². The molecule has 0 unspecified atom stereocenters. The maximum atomic E-state index is 13.7. The summed E-state index contributed by atoms with van der Waals surface area (Å²) in [6.07, 6.45) is -11.1. The zero-order valence-corrected chi connectivity index (χ0v) is 44.7. The molecular weight excluding hydrogens is 1080 g/mol. The van der Waals surface area contributed by atoms with Crippen LogP contribution in [0.15, 0.2) is 133 Å². The molecule has 0 radical (unpaired) electrons. The second-order valence-electron chi connectivity index (χ2n) is 18.5. The number of carboxylic acid groups (broad SMARTS) is 1. The van der Waals surface area contributed by atoms with Crippen molar-refractivity contribution in [2.45, 2.75) is 94.2 Å². The zero-order valence-electron chi connectivity index (χ0n) is 44.7. The molecule has 14 nitrogen and oxygen atoms in total. The lowest BCUT2D eigenvalue weighted by Crippen LogP contribution is -2.29. The largest absolute Gasteiger partial charge is 0.573 e. The lowest BCUT2D eigenvalue weighted by Gasteiger charge is -2.18. The number of rotatable bonds is 20. The Labute approximate surface area is 470 Å². The van der Waals surface area contributed by atoms with Gasteiger partial charge in [0.15, 0.2) is 23.8 Å². The molecule has 8 rings (SSSR count). The molecule has 20 heteroatoms. The number of benzene rings is 6. The number of methoxy groups -OCH3 is 2. The fourth-order valence-corrected chi connectivity index (χ4v) is 8.87. The standard InChI is InChI=1S/C32H32F3NO6.C28H24F3NO6.2CH4/c1-6-28(31(38)40-18-19(2)3)41-24-9-7-8-22(16-24)36-20(4)29(30(37)21-10-12-23(39-5)13-11-21)26-15-14-25(17-27(26)36)42-32(33,34)35;1-4-24(27(34)35)37-20-7-5-6-18(14-20)32-16(2)25(26(33)17-8-10-19(36-3)11-9-17)22-13-12-21(15-23(22)32)38-28(29,30)31;;/h7-17,19,28H,6,18H2,1-5H3;5-15,24H,4H2,1-3H3,(H,34,35);2*1H4/t28-;24-;;/m11../s1. The van der Waals surface area contributed by atoms with E-state index in [1.54, 1.807) is 134 Å². The number of aromatic nitrogens is 2. The highest BCUT2D eigenvalue weighted by molar-refractivity contribution is 6.19. The van der Waals surface area contributed by atoms with Gasteiger partial charge in [-0.2, -0.15) is 0 Å². The maximum absolute atomic E-state index is 13.7. The molecule has 0 amide bonds. The van der Waals surface area contributed by atoms with E-state index >= 15 is 0 Å². The summed E-state index contributed by atoms with van der Waals surface area (Å²) in [5.74, 6) is -1.20. The molecule has 0 aliphatic heterocycles. The summed E-state index contributed by atoms with van der Waals surface area (Å²) >= 11 is 0. The Morgan fingerprint density at radius 3 is 1.24 bits per heavy atom. The minimum atomic E-state index is -4.90. The van der Waals surface area contributed by atoms with Crippen molar-refractivity contribution in [2.75, 3.05) is 20.8 Å². The van der Waals surface area contributed by atoms with E-state index < -0.39 is 48.4 Å². The van der Waals surface area contributed by atoms with Crippen molar-refractivity contribution in [1.82, 2.24) is 9.13 Å². The number of nitrogens with zero attached hydrogens (tertiary/aromatic N) is 2. The SMILES string of the molecule is C.C.CC[C@@H](Oc1cccc(-n2c(C)c(C(=O)c3ccc(OC)cc3)c3ccc(OC(F)(F)F)cc32)c1)C(=O)O.CC[C@@H](Oc1cccc(-n2c(C)c(C(=O)c3ccc(OC)cc3)c3ccc(OC(F)(F)F)cc32)c1)C(=O)OCC(C)C. The van der Waals surface area contributed by atoms with Crippen molar-refractivity contribution in [3.05, 3.63) is 167 Å². The highest BCUT2D eigenvalue weighted by Crippen LogP contribution is 2.38. The molecule has 0 saturated carbocycles. The van der Waals surface area contributed by atoms with Gasteiger partial charge in [-0.05, 0) is 130 Å². The van der Waals surface area contributed by atoms with Gasteiger partial charge in [-0.25, -0.2) is 9.59 Å². The van der Waals surface area contributed by atoms with E-state index in [9.17, 15) is 50.6 Å². The number of ketones is 2. The number of halogens is 6. The minimum Gasteiger partial charge on any atom is -0.497 e. The number of hydrogen-bond acceptors (Lipinski definition) is 11. The van der Waals surface area contributed by atoms with Crippen molar-refractivity contribution in [2.24, 2.45) is 5.92 Å². The van der Waals surface area contributed by atoms with Crippen molar-refractivity contribution >= 4 is 45.3 Å². The molecule has 0 saturated heterocycles. The summed E-state index contributed by atoms with van der Waals surface area (Å²) in [5, 5.41) is 10.2. The molecule has 436 valence electrons. The smallest absolute Gasteiger partial charge is 0.497 e. The van der Waals surface area contributed by atoms with E-state index in [0.717, 1.165) is 6.07 Å². The Morgan fingerprint density at radius 1 is 0.524 bits per heavy atom. The van der Waals surface area contributed by atoms with Crippen LogP contribution in [0.25, 0.3) is 33.2 Å². The molecule has 6 aromatic carbocycles. The second kappa shape index (κ2) is 27.0. The Balaban J connectivity index is 0.000000295. The molecular formula is C62H64F6N2O12. The lowest BCUT2D eigenvalue weighted by molar-refractivity contribution is -0.275. The van der Waals surface area contributed by atoms with Crippen LogP contribution in [-0.4, -0.2) is 83.5 Å². The first kappa shape index (κ1) is 63.9. The summed E-state index contributed by atoms with van der Waals surface area (Å²) in [7, 11) is 3.02. The van der Waals surface area contributed by atoms with E-state index in [1.165, 1.54) is 44.6 Å². The van der Waals surface area contributed by atoms with Crippen molar-refractivity contribution in [3.8, 4) is 45.9 Å². The average Bonchev–Trinajstić information content (AvgIpc) is 4.07. The topological polar surface area (TPSA) is 163 Å². The van der Waals surface area contributed by atoms with Crippen LogP contribution in [0.1, 0.15) is 98.6 Å². The van der Waals surface area contributed by atoms with Gasteiger partial charge in [-0.15, -0.1) is 26.3 Å². The normalized spacial score (nSPS) is 12.0. The number of esters is 1. The first-order chi connectivity index (χ1) is 37.9. The third kappa shape index (κ3) is 15.1. The molecule has 82 heavy (non-hydrogen) atoms. The van der Waals surface area contributed by atoms with Gasteiger partial charge in [0.05, 0.1) is 43.0 Å². The molecule has 2 aromatic heterocycles. The minimum absolute atomic E-state index is 0. The molecule has 0 aliphatic rings. The van der Waals surface area contributed by atoms with E-state index in [1.807, 2.05) is 13.8 Å². The number of aliphatic carboxylic acids is 1. The van der Waals surface area contributed by atoms with Crippen molar-refractivity contribution < 1.29 is 83.8 Å². The van der Waals surface area contributed by atoms with Gasteiger partial charge in [0, 0.05) is 68.9 Å². The molecule has 2 atom stereocenters. The predicted octanol–water partition coefficient (Wildman–Crippen LogP) is 15.0.